The minimum absolute atomic E-state index is 0.0206. The molecule has 3 aromatic rings. The zero-order valence-electron chi connectivity index (χ0n) is 16.0. The Bertz CT molecular complexity index is 990. The van der Waals surface area contributed by atoms with Gasteiger partial charge in [-0.1, -0.05) is 42.0 Å². The van der Waals surface area contributed by atoms with E-state index in [1.165, 1.54) is 5.56 Å². The van der Waals surface area contributed by atoms with Crippen LogP contribution in [0, 0.1) is 6.92 Å². The summed E-state index contributed by atoms with van der Waals surface area (Å²) < 4.78 is 0. The van der Waals surface area contributed by atoms with Crippen molar-refractivity contribution in [1.29, 1.82) is 0 Å². The molecule has 2 aromatic carbocycles. The molecule has 1 N–H and O–H groups in total. The summed E-state index contributed by atoms with van der Waals surface area (Å²) in [6.07, 6.45) is 1.13. The van der Waals surface area contributed by atoms with Crippen molar-refractivity contribution in [2.45, 2.75) is 46.2 Å². The maximum atomic E-state index is 12.8. The minimum atomic E-state index is -0.175. The van der Waals surface area contributed by atoms with Gasteiger partial charge in [0.15, 0.2) is 0 Å². The number of nitrogens with one attached hydrogen (secondary N) is 1. The number of para-hydroxylation sites is 1. The maximum absolute atomic E-state index is 12.8. The molecule has 5 nitrogen and oxygen atoms in total. The van der Waals surface area contributed by atoms with Crippen LogP contribution in [0.3, 0.4) is 0 Å². The van der Waals surface area contributed by atoms with Gasteiger partial charge in [0, 0.05) is 12.5 Å². The van der Waals surface area contributed by atoms with E-state index in [1.807, 2.05) is 39.0 Å². The highest BCUT2D eigenvalue weighted by Gasteiger charge is 2.18. The maximum Gasteiger partial charge on any atom is 0.258 e. The van der Waals surface area contributed by atoms with E-state index in [1.54, 1.807) is 11.0 Å². The minimum Gasteiger partial charge on any atom is -0.333 e. The van der Waals surface area contributed by atoms with E-state index in [4.69, 9.17) is 0 Å². The molecule has 5 heteroatoms. The lowest BCUT2D eigenvalue weighted by molar-refractivity contribution is -0.133. The number of hydrogen-bond acceptors (Lipinski definition) is 3. The molecule has 0 spiro atoms. The van der Waals surface area contributed by atoms with Crippen LogP contribution in [0.5, 0.6) is 0 Å². The van der Waals surface area contributed by atoms with Gasteiger partial charge in [-0.15, -0.1) is 0 Å². The fourth-order valence-corrected chi connectivity index (χ4v) is 3.08. The summed E-state index contributed by atoms with van der Waals surface area (Å²) >= 11 is 0. The number of carbonyl (C=O) groups excluding carboxylic acids is 1. The quantitative estimate of drug-likeness (QED) is 0.728. The van der Waals surface area contributed by atoms with Gasteiger partial charge < -0.3 is 9.88 Å². The van der Waals surface area contributed by atoms with Crippen LogP contribution >= 0.6 is 0 Å². The summed E-state index contributed by atoms with van der Waals surface area (Å²) in [7, 11) is 0. The smallest absolute Gasteiger partial charge is 0.258 e. The van der Waals surface area contributed by atoms with Crippen LogP contribution in [0.2, 0.25) is 0 Å². The molecule has 0 bridgehead atoms. The lowest BCUT2D eigenvalue weighted by atomic mass is 10.1. The lowest BCUT2D eigenvalue weighted by Crippen LogP contribution is -2.37. The Morgan fingerprint density at radius 1 is 1.11 bits per heavy atom. The summed E-state index contributed by atoms with van der Waals surface area (Å²) in [5, 5.41) is 0.558. The second-order valence-corrected chi connectivity index (χ2v) is 7.13. The van der Waals surface area contributed by atoms with E-state index in [0.29, 0.717) is 36.1 Å². The molecule has 0 saturated carbocycles. The van der Waals surface area contributed by atoms with E-state index in [2.05, 4.69) is 34.2 Å². The number of amides is 1. The molecule has 140 valence electrons. The Morgan fingerprint density at radius 2 is 1.81 bits per heavy atom. The number of aromatic nitrogens is 2. The van der Waals surface area contributed by atoms with E-state index < -0.39 is 0 Å². The third-order valence-electron chi connectivity index (χ3n) is 4.67. The van der Waals surface area contributed by atoms with Gasteiger partial charge in [-0.05, 0) is 44.9 Å². The molecule has 3 rings (SSSR count). The van der Waals surface area contributed by atoms with Crippen LogP contribution in [-0.2, 0) is 17.8 Å². The summed E-state index contributed by atoms with van der Waals surface area (Å²) in [5.74, 6) is 0.567. The predicted octanol–water partition coefficient (Wildman–Crippen LogP) is 3.60. The first-order valence-corrected chi connectivity index (χ1v) is 9.27. The summed E-state index contributed by atoms with van der Waals surface area (Å²) in [4.78, 5) is 34.1. The standard InChI is InChI=1S/C22H25N3O2/c1-15(2)25(21(26)13-12-17-10-8-16(3)9-11-17)14-20-23-19-7-5-4-6-18(19)22(27)24-20/h4-11,15H,12-14H2,1-3H3,(H,23,24,27). The van der Waals surface area contributed by atoms with Crippen LogP contribution < -0.4 is 5.56 Å². The van der Waals surface area contributed by atoms with Crippen molar-refractivity contribution in [2.75, 3.05) is 0 Å². The predicted molar refractivity (Wildman–Crippen MR) is 108 cm³/mol. The SMILES string of the molecule is Cc1ccc(CCC(=O)N(Cc2nc3ccccc3c(=O)[nH]2)C(C)C)cc1. The molecule has 0 aliphatic heterocycles. The highest BCUT2D eigenvalue weighted by Crippen LogP contribution is 2.12. The zero-order valence-corrected chi connectivity index (χ0v) is 16.0. The van der Waals surface area contributed by atoms with Gasteiger partial charge in [0.25, 0.3) is 5.56 Å². The molecule has 1 aromatic heterocycles. The third-order valence-corrected chi connectivity index (χ3v) is 4.67. The first-order chi connectivity index (χ1) is 12.9. The molecule has 1 amide bonds. The first-order valence-electron chi connectivity index (χ1n) is 9.27. The van der Waals surface area contributed by atoms with Gasteiger partial charge in [0.05, 0.1) is 17.4 Å². The number of aromatic amines is 1. The summed E-state index contributed by atoms with van der Waals surface area (Å²) in [6, 6.07) is 15.5. The van der Waals surface area contributed by atoms with Crippen LogP contribution in [-0.4, -0.2) is 26.8 Å². The normalized spacial score (nSPS) is 11.1. The first kappa shape index (κ1) is 18.8. The van der Waals surface area contributed by atoms with Crippen molar-refractivity contribution in [3.63, 3.8) is 0 Å². The number of nitrogens with zero attached hydrogens (tertiary/aromatic N) is 2. The van der Waals surface area contributed by atoms with E-state index in [-0.39, 0.29) is 17.5 Å². The average molecular weight is 363 g/mol. The number of fused-ring (bicyclic) bond motifs is 1. The van der Waals surface area contributed by atoms with E-state index >= 15 is 0 Å². The Kier molecular flexibility index (Phi) is 5.69. The van der Waals surface area contributed by atoms with Crippen molar-refractivity contribution in [2.24, 2.45) is 0 Å². The fourth-order valence-electron chi connectivity index (χ4n) is 3.08. The monoisotopic (exact) mass is 363 g/mol. The zero-order chi connectivity index (χ0) is 19.4. The number of aryl methyl sites for hydroxylation is 2. The number of rotatable bonds is 6. The van der Waals surface area contributed by atoms with Gasteiger partial charge in [-0.25, -0.2) is 4.98 Å². The average Bonchev–Trinajstić information content (AvgIpc) is 2.65. The van der Waals surface area contributed by atoms with Gasteiger partial charge in [0.2, 0.25) is 5.91 Å². The molecule has 0 radical (unpaired) electrons. The molecule has 1 heterocycles. The topological polar surface area (TPSA) is 66.1 Å². The largest absolute Gasteiger partial charge is 0.333 e. The van der Waals surface area contributed by atoms with Crippen LogP contribution in [0.15, 0.2) is 53.3 Å². The Morgan fingerprint density at radius 3 is 2.52 bits per heavy atom. The molecular formula is C22H25N3O2. The van der Waals surface area contributed by atoms with Gasteiger partial charge in [0.1, 0.15) is 5.82 Å². The Balaban J connectivity index is 1.74. The van der Waals surface area contributed by atoms with Gasteiger partial charge >= 0.3 is 0 Å². The second-order valence-electron chi connectivity index (χ2n) is 7.13. The Labute approximate surface area is 159 Å². The van der Waals surface area contributed by atoms with Crippen molar-refractivity contribution < 1.29 is 4.79 Å². The van der Waals surface area contributed by atoms with Crippen LogP contribution in [0.4, 0.5) is 0 Å². The van der Waals surface area contributed by atoms with Gasteiger partial charge in [-0.3, -0.25) is 9.59 Å². The highest BCUT2D eigenvalue weighted by atomic mass is 16.2. The van der Waals surface area contributed by atoms with Crippen molar-refractivity contribution in [1.82, 2.24) is 14.9 Å². The molecule has 0 unspecified atom stereocenters. The number of benzene rings is 2. The molecule has 0 aliphatic rings. The number of H-pyrrole nitrogens is 1. The van der Waals surface area contributed by atoms with E-state index in [0.717, 1.165) is 5.56 Å². The highest BCUT2D eigenvalue weighted by molar-refractivity contribution is 5.78. The molecule has 0 fully saturated rings. The summed E-state index contributed by atoms with van der Waals surface area (Å²) in [6.45, 7) is 6.29. The van der Waals surface area contributed by atoms with E-state index in [9.17, 15) is 9.59 Å². The molecule has 0 atom stereocenters. The number of carbonyl (C=O) groups is 1. The molecule has 0 saturated heterocycles. The third kappa shape index (κ3) is 4.61. The summed E-state index contributed by atoms with van der Waals surface area (Å²) in [5.41, 5.74) is 2.83. The Hall–Kier alpha value is -2.95. The lowest BCUT2D eigenvalue weighted by Gasteiger charge is -2.26. The molecule has 27 heavy (non-hydrogen) atoms. The second kappa shape index (κ2) is 8.16. The fraction of sp³-hybridized carbons (Fsp3) is 0.318. The van der Waals surface area contributed by atoms with Crippen LogP contribution in [0.25, 0.3) is 10.9 Å². The van der Waals surface area contributed by atoms with Crippen LogP contribution in [0.1, 0.15) is 37.2 Å². The number of hydrogen-bond donors (Lipinski definition) is 1. The molecular weight excluding hydrogens is 338 g/mol. The van der Waals surface area contributed by atoms with Crippen molar-refractivity contribution in [3.8, 4) is 0 Å². The molecule has 0 aliphatic carbocycles. The van der Waals surface area contributed by atoms with Gasteiger partial charge in [-0.2, -0.15) is 0 Å². The van der Waals surface area contributed by atoms with Crippen molar-refractivity contribution >= 4 is 16.8 Å². The van der Waals surface area contributed by atoms with Crippen molar-refractivity contribution in [3.05, 3.63) is 75.8 Å².